The smallest absolute Gasteiger partial charge is 0.0621 e. The number of nitriles is 1. The Balaban J connectivity index is 1.96. The highest BCUT2D eigenvalue weighted by atomic mass is 14.2. The third kappa shape index (κ3) is 5.91. The van der Waals surface area contributed by atoms with Gasteiger partial charge < -0.3 is 0 Å². The molecule has 0 atom stereocenters. The van der Waals surface area contributed by atoms with Crippen molar-refractivity contribution in [1.29, 1.82) is 5.26 Å². The number of benzene rings is 1. The maximum atomic E-state index is 8.37. The summed E-state index contributed by atoms with van der Waals surface area (Å²) in [5, 5.41) is 8.37. The third-order valence-corrected chi connectivity index (χ3v) is 2.60. The van der Waals surface area contributed by atoms with Crippen LogP contribution in [0, 0.1) is 11.3 Å². The van der Waals surface area contributed by atoms with E-state index in [1.807, 2.05) is 0 Å². The molecule has 1 nitrogen and oxygen atoms in total. The molecule has 1 aromatic rings. The number of rotatable bonds is 7. The lowest BCUT2D eigenvalue weighted by Gasteiger charge is -2.00. The molecule has 0 aromatic heterocycles. The van der Waals surface area contributed by atoms with Crippen molar-refractivity contribution < 1.29 is 0 Å². The van der Waals surface area contributed by atoms with Crippen LogP contribution in [0.3, 0.4) is 0 Å². The Hall–Kier alpha value is -1.29. The first-order chi connectivity index (χ1) is 7.43. The van der Waals surface area contributed by atoms with Crippen LogP contribution >= 0.6 is 0 Å². The van der Waals surface area contributed by atoms with Gasteiger partial charge in [0, 0.05) is 6.42 Å². The molecule has 1 aromatic carbocycles. The Bertz CT molecular complexity index is 284. The second kappa shape index (κ2) is 8.05. The maximum absolute atomic E-state index is 8.37. The molecule has 1 heteroatoms. The number of aryl methyl sites for hydroxylation is 1. The zero-order chi connectivity index (χ0) is 10.8. The van der Waals surface area contributed by atoms with E-state index in [1.165, 1.54) is 37.7 Å². The average Bonchev–Trinajstić information content (AvgIpc) is 2.29. The van der Waals surface area contributed by atoms with E-state index < -0.39 is 0 Å². The highest BCUT2D eigenvalue weighted by molar-refractivity contribution is 5.14. The van der Waals surface area contributed by atoms with Crippen LogP contribution in [0.4, 0.5) is 0 Å². The van der Waals surface area contributed by atoms with E-state index in [-0.39, 0.29) is 0 Å². The van der Waals surface area contributed by atoms with Gasteiger partial charge in [-0.25, -0.2) is 0 Å². The molecule has 0 N–H and O–H groups in total. The minimum Gasteiger partial charge on any atom is -0.198 e. The monoisotopic (exact) mass is 201 g/mol. The van der Waals surface area contributed by atoms with E-state index in [0.717, 1.165) is 12.8 Å². The SMILES string of the molecule is N#CCCCCCCCc1ccccc1. The normalized spacial score (nSPS) is 9.80. The van der Waals surface area contributed by atoms with Gasteiger partial charge in [0.25, 0.3) is 0 Å². The summed E-state index contributed by atoms with van der Waals surface area (Å²) in [6.07, 6.45) is 8.04. The standard InChI is InChI=1S/C14H19N/c15-13-9-4-2-1-3-6-10-14-11-7-5-8-12-14/h5,7-8,11-12H,1-4,6,9-10H2. The number of hydrogen-bond donors (Lipinski definition) is 0. The first-order valence-corrected chi connectivity index (χ1v) is 5.84. The maximum Gasteiger partial charge on any atom is 0.0621 e. The van der Waals surface area contributed by atoms with Gasteiger partial charge in [0.2, 0.25) is 0 Å². The lowest BCUT2D eigenvalue weighted by atomic mass is 10.1. The van der Waals surface area contributed by atoms with E-state index in [9.17, 15) is 0 Å². The molecule has 1 rings (SSSR count). The van der Waals surface area contributed by atoms with Gasteiger partial charge in [-0.15, -0.1) is 0 Å². The van der Waals surface area contributed by atoms with E-state index in [4.69, 9.17) is 5.26 Å². The van der Waals surface area contributed by atoms with E-state index in [1.54, 1.807) is 0 Å². The average molecular weight is 201 g/mol. The molecule has 0 unspecified atom stereocenters. The van der Waals surface area contributed by atoms with Crippen LogP contribution in [-0.2, 0) is 6.42 Å². The van der Waals surface area contributed by atoms with Crippen molar-refractivity contribution in [2.45, 2.75) is 44.9 Å². The van der Waals surface area contributed by atoms with Gasteiger partial charge >= 0.3 is 0 Å². The van der Waals surface area contributed by atoms with E-state index >= 15 is 0 Å². The Kier molecular flexibility index (Phi) is 6.33. The molecule has 0 aliphatic heterocycles. The Morgan fingerprint density at radius 3 is 2.27 bits per heavy atom. The lowest BCUT2D eigenvalue weighted by Crippen LogP contribution is -1.85. The molecule has 0 saturated carbocycles. The summed E-state index contributed by atoms with van der Waals surface area (Å²) in [6, 6.07) is 12.8. The van der Waals surface area contributed by atoms with Crippen molar-refractivity contribution in [3.8, 4) is 6.07 Å². The lowest BCUT2D eigenvalue weighted by molar-refractivity contribution is 0.619. The van der Waals surface area contributed by atoms with Crippen LogP contribution in [0.1, 0.15) is 44.1 Å². The van der Waals surface area contributed by atoms with E-state index in [2.05, 4.69) is 36.4 Å². The molecular weight excluding hydrogens is 182 g/mol. The van der Waals surface area contributed by atoms with Gasteiger partial charge in [-0.05, 0) is 24.8 Å². The minimum atomic E-state index is 0.721. The fourth-order valence-corrected chi connectivity index (χ4v) is 1.71. The number of unbranched alkanes of at least 4 members (excludes halogenated alkanes) is 5. The summed E-state index contributed by atoms with van der Waals surface area (Å²) in [7, 11) is 0. The number of nitrogens with zero attached hydrogens (tertiary/aromatic N) is 1. The minimum absolute atomic E-state index is 0.721. The Morgan fingerprint density at radius 1 is 0.867 bits per heavy atom. The topological polar surface area (TPSA) is 23.8 Å². The first-order valence-electron chi connectivity index (χ1n) is 5.84. The predicted molar refractivity (Wildman–Crippen MR) is 63.5 cm³/mol. The predicted octanol–water partition coefficient (Wildman–Crippen LogP) is 4.09. The zero-order valence-corrected chi connectivity index (χ0v) is 9.28. The summed E-state index contributed by atoms with van der Waals surface area (Å²) in [6.45, 7) is 0. The summed E-state index contributed by atoms with van der Waals surface area (Å²) in [4.78, 5) is 0. The van der Waals surface area contributed by atoms with Crippen LogP contribution in [0.25, 0.3) is 0 Å². The number of hydrogen-bond acceptors (Lipinski definition) is 1. The van der Waals surface area contributed by atoms with Crippen molar-refractivity contribution in [3.05, 3.63) is 35.9 Å². The highest BCUT2D eigenvalue weighted by Crippen LogP contribution is 2.09. The molecule has 0 saturated heterocycles. The first kappa shape index (κ1) is 11.8. The third-order valence-electron chi connectivity index (χ3n) is 2.60. The van der Waals surface area contributed by atoms with Crippen LogP contribution in [0.2, 0.25) is 0 Å². The van der Waals surface area contributed by atoms with Gasteiger partial charge in [0.1, 0.15) is 0 Å². The molecular formula is C14H19N. The van der Waals surface area contributed by atoms with Crippen LogP contribution in [0.5, 0.6) is 0 Å². The van der Waals surface area contributed by atoms with Gasteiger partial charge in [-0.1, -0.05) is 49.6 Å². The van der Waals surface area contributed by atoms with Crippen molar-refractivity contribution in [1.82, 2.24) is 0 Å². The molecule has 15 heavy (non-hydrogen) atoms. The van der Waals surface area contributed by atoms with Gasteiger partial charge in [0.15, 0.2) is 0 Å². The largest absolute Gasteiger partial charge is 0.198 e. The fourth-order valence-electron chi connectivity index (χ4n) is 1.71. The zero-order valence-electron chi connectivity index (χ0n) is 9.28. The molecule has 0 amide bonds. The molecule has 0 fully saturated rings. The Labute approximate surface area is 92.7 Å². The second-order valence-corrected chi connectivity index (χ2v) is 3.91. The molecule has 0 radical (unpaired) electrons. The van der Waals surface area contributed by atoms with Crippen molar-refractivity contribution in [2.24, 2.45) is 0 Å². The molecule has 0 heterocycles. The summed E-state index contributed by atoms with van der Waals surface area (Å²) < 4.78 is 0. The quantitative estimate of drug-likeness (QED) is 0.609. The molecule has 80 valence electrons. The van der Waals surface area contributed by atoms with Crippen LogP contribution in [-0.4, -0.2) is 0 Å². The highest BCUT2D eigenvalue weighted by Gasteiger charge is 1.93. The van der Waals surface area contributed by atoms with E-state index in [0.29, 0.717) is 0 Å². The molecule has 0 spiro atoms. The molecule has 0 aliphatic rings. The summed E-state index contributed by atoms with van der Waals surface area (Å²) in [5.74, 6) is 0. The van der Waals surface area contributed by atoms with Crippen molar-refractivity contribution in [2.75, 3.05) is 0 Å². The fraction of sp³-hybridized carbons (Fsp3) is 0.500. The van der Waals surface area contributed by atoms with Gasteiger partial charge in [-0.3, -0.25) is 0 Å². The molecule has 0 aliphatic carbocycles. The van der Waals surface area contributed by atoms with Crippen molar-refractivity contribution >= 4 is 0 Å². The van der Waals surface area contributed by atoms with Crippen molar-refractivity contribution in [3.63, 3.8) is 0 Å². The van der Waals surface area contributed by atoms with Gasteiger partial charge in [0.05, 0.1) is 6.07 Å². The van der Waals surface area contributed by atoms with Gasteiger partial charge in [-0.2, -0.15) is 5.26 Å². The van der Waals surface area contributed by atoms with Crippen LogP contribution in [0.15, 0.2) is 30.3 Å². The summed E-state index contributed by atoms with van der Waals surface area (Å²) >= 11 is 0. The second-order valence-electron chi connectivity index (χ2n) is 3.91. The molecule has 0 bridgehead atoms. The Morgan fingerprint density at radius 2 is 1.53 bits per heavy atom. The van der Waals surface area contributed by atoms with Crippen LogP contribution < -0.4 is 0 Å². The summed E-state index contributed by atoms with van der Waals surface area (Å²) in [5.41, 5.74) is 1.44.